The predicted octanol–water partition coefficient (Wildman–Crippen LogP) is 4.07. The second-order valence-electron chi connectivity index (χ2n) is 8.58. The molecule has 1 fully saturated rings. The van der Waals surface area contributed by atoms with E-state index in [1.165, 1.54) is 12.1 Å². The molecule has 0 radical (unpaired) electrons. The Morgan fingerprint density at radius 1 is 1.06 bits per heavy atom. The van der Waals surface area contributed by atoms with Crippen LogP contribution in [0.25, 0.3) is 22.2 Å². The summed E-state index contributed by atoms with van der Waals surface area (Å²) in [5.41, 5.74) is 2.93. The Labute approximate surface area is 202 Å². The van der Waals surface area contributed by atoms with Gasteiger partial charge in [0.25, 0.3) is 0 Å². The molecule has 1 unspecified atom stereocenters. The lowest BCUT2D eigenvalue weighted by Gasteiger charge is -2.37. The average Bonchev–Trinajstić information content (AvgIpc) is 3.31. The van der Waals surface area contributed by atoms with E-state index < -0.39 is 6.10 Å². The first-order valence-corrected chi connectivity index (χ1v) is 11.5. The Morgan fingerprint density at radius 2 is 1.83 bits per heavy atom. The van der Waals surface area contributed by atoms with Gasteiger partial charge in [-0.15, -0.1) is 0 Å². The Hall–Kier alpha value is -3.93. The van der Waals surface area contributed by atoms with Gasteiger partial charge in [-0.05, 0) is 48.5 Å². The molecular weight excluding hydrogens is 447 g/mol. The number of fused-ring (bicyclic) bond motifs is 1. The minimum absolute atomic E-state index is 0.182. The highest BCUT2D eigenvalue weighted by Crippen LogP contribution is 2.30. The van der Waals surface area contributed by atoms with Crippen LogP contribution in [0, 0.1) is 17.1 Å². The largest absolute Gasteiger partial charge is 0.491 e. The van der Waals surface area contributed by atoms with E-state index in [0.717, 1.165) is 42.8 Å². The molecule has 0 spiro atoms. The van der Waals surface area contributed by atoms with Crippen molar-refractivity contribution >= 4 is 16.6 Å². The molecule has 1 aromatic heterocycles. The van der Waals surface area contributed by atoms with Crippen LogP contribution >= 0.6 is 0 Å². The molecule has 7 nitrogen and oxygen atoms in total. The van der Waals surface area contributed by atoms with Crippen LogP contribution in [0.3, 0.4) is 0 Å². The number of piperazine rings is 1. The number of rotatable bonds is 7. The fourth-order valence-electron chi connectivity index (χ4n) is 4.39. The summed E-state index contributed by atoms with van der Waals surface area (Å²) in [5.74, 6) is 0.856. The van der Waals surface area contributed by atoms with Crippen LogP contribution < -0.4 is 9.64 Å². The molecule has 8 heteroatoms. The fraction of sp³-hybridized carbons (Fsp3) is 0.259. The van der Waals surface area contributed by atoms with Crippen LogP contribution in [0.4, 0.5) is 10.1 Å². The van der Waals surface area contributed by atoms with Gasteiger partial charge in [0.2, 0.25) is 0 Å². The molecule has 2 heterocycles. The number of β-amino-alcohol motifs (C(OH)–C–C–N with tert-alkyl or cyclic N) is 1. The summed E-state index contributed by atoms with van der Waals surface area (Å²) in [6.07, 6.45) is -0.624. The molecule has 3 aromatic carbocycles. The number of aliphatic hydroxyl groups excluding tert-OH is 1. The van der Waals surface area contributed by atoms with Gasteiger partial charge in [0.15, 0.2) is 5.76 Å². The van der Waals surface area contributed by atoms with Gasteiger partial charge < -0.3 is 19.3 Å². The maximum atomic E-state index is 13.4. The second-order valence-corrected chi connectivity index (χ2v) is 8.58. The number of hydrogen-bond donors (Lipinski definition) is 1. The number of ether oxygens (including phenoxy) is 1. The summed E-state index contributed by atoms with van der Waals surface area (Å²) < 4.78 is 24.6. The number of nitrogens with zero attached hydrogens (tertiary/aromatic N) is 4. The van der Waals surface area contributed by atoms with Crippen LogP contribution in [0.5, 0.6) is 5.75 Å². The highest BCUT2D eigenvalue weighted by molar-refractivity contribution is 5.91. The van der Waals surface area contributed by atoms with E-state index in [-0.39, 0.29) is 12.4 Å². The summed E-state index contributed by atoms with van der Waals surface area (Å²) in [6.45, 7) is 3.92. The summed E-state index contributed by atoms with van der Waals surface area (Å²) >= 11 is 0. The maximum Gasteiger partial charge on any atom is 0.174 e. The van der Waals surface area contributed by atoms with Crippen molar-refractivity contribution in [2.45, 2.75) is 6.10 Å². The summed E-state index contributed by atoms with van der Waals surface area (Å²) in [6, 6.07) is 21.6. The third kappa shape index (κ3) is 5.11. The second kappa shape index (κ2) is 10.1. The number of anilines is 1. The normalized spacial score (nSPS) is 15.2. The lowest BCUT2D eigenvalue weighted by Crippen LogP contribution is -2.49. The predicted molar refractivity (Wildman–Crippen MR) is 131 cm³/mol. The Kier molecular flexibility index (Phi) is 6.62. The van der Waals surface area contributed by atoms with Gasteiger partial charge in [-0.1, -0.05) is 17.3 Å². The van der Waals surface area contributed by atoms with Gasteiger partial charge in [-0.25, -0.2) is 4.39 Å². The third-order valence-electron chi connectivity index (χ3n) is 6.21. The van der Waals surface area contributed by atoms with Crippen LogP contribution in [-0.4, -0.2) is 60.6 Å². The highest BCUT2D eigenvalue weighted by atomic mass is 19.1. The Bertz CT molecular complexity index is 1340. The maximum absolute atomic E-state index is 13.4. The van der Waals surface area contributed by atoms with Crippen LogP contribution in [0.15, 0.2) is 71.3 Å². The van der Waals surface area contributed by atoms with Gasteiger partial charge in [0.05, 0.1) is 11.3 Å². The molecule has 1 saturated heterocycles. The van der Waals surface area contributed by atoms with Gasteiger partial charge in [0, 0.05) is 49.7 Å². The standard InChI is InChI=1S/C27H25FN4O3/c28-21-7-10-24-25(15-21)30-35-27(24)19-5-8-23(9-6-19)34-18-22(33)17-31-11-13-32(14-12-31)26-4-2-1-3-20(26)16-29/h1-10,15,22,33H,11-14,17-18H2. The first-order chi connectivity index (χ1) is 17.1. The van der Waals surface area contributed by atoms with Gasteiger partial charge in [-0.3, -0.25) is 4.90 Å². The van der Waals surface area contributed by atoms with E-state index in [4.69, 9.17) is 9.26 Å². The molecule has 5 rings (SSSR count). The van der Waals surface area contributed by atoms with Crippen molar-refractivity contribution in [1.29, 1.82) is 5.26 Å². The zero-order valence-corrected chi connectivity index (χ0v) is 19.1. The van der Waals surface area contributed by atoms with Gasteiger partial charge >= 0.3 is 0 Å². The van der Waals surface area contributed by atoms with Crippen molar-refractivity contribution in [1.82, 2.24) is 10.1 Å². The first kappa shape index (κ1) is 22.8. The molecule has 0 bridgehead atoms. The molecule has 1 N–H and O–H groups in total. The Balaban J connectivity index is 1.11. The first-order valence-electron chi connectivity index (χ1n) is 11.5. The molecule has 178 valence electrons. The van der Waals surface area contributed by atoms with E-state index >= 15 is 0 Å². The van der Waals surface area contributed by atoms with E-state index in [1.807, 2.05) is 48.5 Å². The molecule has 1 atom stereocenters. The van der Waals surface area contributed by atoms with Crippen molar-refractivity contribution < 1.29 is 18.8 Å². The number of nitriles is 1. The van der Waals surface area contributed by atoms with E-state index in [2.05, 4.69) is 21.0 Å². The third-order valence-corrected chi connectivity index (χ3v) is 6.21. The zero-order valence-electron chi connectivity index (χ0n) is 19.1. The van der Waals surface area contributed by atoms with Crippen LogP contribution in [0.1, 0.15) is 5.56 Å². The average molecular weight is 473 g/mol. The minimum Gasteiger partial charge on any atom is -0.491 e. The molecule has 1 aliphatic heterocycles. The minimum atomic E-state index is -0.624. The molecule has 1 aliphatic rings. The monoisotopic (exact) mass is 472 g/mol. The highest BCUT2D eigenvalue weighted by Gasteiger charge is 2.21. The fourth-order valence-corrected chi connectivity index (χ4v) is 4.39. The molecule has 0 amide bonds. The zero-order chi connectivity index (χ0) is 24.2. The number of aromatic nitrogens is 1. The molecular formula is C27H25FN4O3. The van der Waals surface area contributed by atoms with Crippen molar-refractivity contribution in [3.63, 3.8) is 0 Å². The smallest absolute Gasteiger partial charge is 0.174 e. The quantitative estimate of drug-likeness (QED) is 0.434. The summed E-state index contributed by atoms with van der Waals surface area (Å²) in [7, 11) is 0. The summed E-state index contributed by atoms with van der Waals surface area (Å²) in [4.78, 5) is 4.42. The van der Waals surface area contributed by atoms with Crippen molar-refractivity contribution in [2.75, 3.05) is 44.2 Å². The van der Waals surface area contributed by atoms with Crippen LogP contribution in [0.2, 0.25) is 0 Å². The number of aliphatic hydroxyl groups is 1. The van der Waals surface area contributed by atoms with Gasteiger partial charge in [-0.2, -0.15) is 5.26 Å². The molecule has 0 aliphatic carbocycles. The number of halogens is 1. The van der Waals surface area contributed by atoms with E-state index in [9.17, 15) is 14.8 Å². The van der Waals surface area contributed by atoms with Crippen molar-refractivity contribution in [3.8, 4) is 23.1 Å². The lowest BCUT2D eigenvalue weighted by molar-refractivity contribution is 0.0663. The van der Waals surface area contributed by atoms with Crippen molar-refractivity contribution in [2.24, 2.45) is 0 Å². The summed E-state index contributed by atoms with van der Waals surface area (Å²) in [5, 5.41) is 24.5. The van der Waals surface area contributed by atoms with Crippen LogP contribution in [-0.2, 0) is 0 Å². The Morgan fingerprint density at radius 3 is 2.60 bits per heavy atom. The van der Waals surface area contributed by atoms with Crippen molar-refractivity contribution in [3.05, 3.63) is 78.1 Å². The molecule has 4 aromatic rings. The number of hydrogen-bond acceptors (Lipinski definition) is 7. The lowest BCUT2D eigenvalue weighted by atomic mass is 10.1. The van der Waals surface area contributed by atoms with Gasteiger partial charge in [0.1, 0.15) is 35.9 Å². The molecule has 35 heavy (non-hydrogen) atoms. The SMILES string of the molecule is N#Cc1ccccc1N1CCN(CC(O)COc2ccc(-c3onc4cc(F)ccc34)cc2)CC1. The van der Waals surface area contributed by atoms with E-state index in [0.29, 0.717) is 29.1 Å². The number of para-hydroxylation sites is 1. The molecule has 0 saturated carbocycles. The van der Waals surface area contributed by atoms with E-state index in [1.54, 1.807) is 6.07 Å². The topological polar surface area (TPSA) is 85.8 Å². The number of benzene rings is 3.